The van der Waals surface area contributed by atoms with E-state index in [4.69, 9.17) is 11.6 Å². The number of para-hydroxylation sites is 2. The van der Waals surface area contributed by atoms with Gasteiger partial charge in [-0.3, -0.25) is 5.43 Å². The Morgan fingerprint density at radius 1 is 1.07 bits per heavy atom. The fourth-order valence-corrected chi connectivity index (χ4v) is 3.26. The van der Waals surface area contributed by atoms with Crippen LogP contribution in [0.5, 0.6) is 0 Å². The van der Waals surface area contributed by atoms with Crippen molar-refractivity contribution in [3.05, 3.63) is 64.9 Å². The second-order valence-electron chi connectivity index (χ2n) is 6.25. The lowest BCUT2D eigenvalue weighted by molar-refractivity contribution is -0.259. The Morgan fingerprint density at radius 2 is 1.78 bits per heavy atom. The fraction of sp³-hybridized carbons (Fsp3) is 0.350. The highest BCUT2D eigenvalue weighted by Crippen LogP contribution is 2.23. The minimum absolute atomic E-state index is 0.254. The van der Waals surface area contributed by atoms with Gasteiger partial charge in [-0.05, 0) is 29.8 Å². The molecule has 3 aromatic rings. The molecule has 2 heterocycles. The van der Waals surface area contributed by atoms with Crippen molar-refractivity contribution in [3.63, 3.8) is 0 Å². The van der Waals surface area contributed by atoms with Crippen LogP contribution in [0.2, 0.25) is 5.02 Å². The van der Waals surface area contributed by atoms with E-state index in [1.807, 2.05) is 62.4 Å². The van der Waals surface area contributed by atoms with Crippen molar-refractivity contribution in [3.8, 4) is 0 Å². The highest BCUT2D eigenvalue weighted by Gasteiger charge is 2.37. The van der Waals surface area contributed by atoms with E-state index in [1.54, 1.807) is 0 Å². The summed E-state index contributed by atoms with van der Waals surface area (Å²) in [4.78, 5) is 4.69. The summed E-state index contributed by atoms with van der Waals surface area (Å²) in [5, 5.41) is 22.3. The molecule has 1 aliphatic heterocycles. The molecule has 0 spiro atoms. The number of halogens is 1. The predicted octanol–water partition coefficient (Wildman–Crippen LogP) is 3.11. The third kappa shape index (κ3) is 4.31. The smallest absolute Gasteiger partial charge is 0.239 e. The largest absolute Gasteiger partial charge is 0.352 e. The third-order valence-corrected chi connectivity index (χ3v) is 4.73. The molecule has 1 aliphatic rings. The van der Waals surface area contributed by atoms with Gasteiger partial charge in [0.05, 0.1) is 17.6 Å². The van der Waals surface area contributed by atoms with E-state index in [9.17, 15) is 10.2 Å². The Morgan fingerprint density at radius 3 is 2.44 bits per heavy atom. The summed E-state index contributed by atoms with van der Waals surface area (Å²) in [5.41, 5.74) is 5.99. The molecule has 6 nitrogen and oxygen atoms in total. The van der Waals surface area contributed by atoms with Crippen LogP contribution in [0.25, 0.3) is 11.0 Å². The van der Waals surface area contributed by atoms with Crippen molar-refractivity contribution in [2.24, 2.45) is 0 Å². The van der Waals surface area contributed by atoms with Crippen molar-refractivity contribution in [1.29, 1.82) is 0 Å². The average molecular weight is 389 g/mol. The SMILES string of the molecule is CC.OC1(O)CCNN1Cc1nc2ccccc2n1Cc1ccc(Cl)cc1. The van der Waals surface area contributed by atoms with Crippen LogP contribution >= 0.6 is 11.6 Å². The zero-order valence-corrected chi connectivity index (χ0v) is 16.3. The summed E-state index contributed by atoms with van der Waals surface area (Å²) >= 11 is 5.97. The van der Waals surface area contributed by atoms with Crippen molar-refractivity contribution >= 4 is 22.6 Å². The highest BCUT2D eigenvalue weighted by atomic mass is 35.5. The summed E-state index contributed by atoms with van der Waals surface area (Å²) in [7, 11) is 0. The minimum atomic E-state index is -1.86. The molecular weight excluding hydrogens is 364 g/mol. The van der Waals surface area contributed by atoms with Gasteiger partial charge in [0.25, 0.3) is 0 Å². The maximum Gasteiger partial charge on any atom is 0.239 e. The molecule has 27 heavy (non-hydrogen) atoms. The standard InChI is InChI=1S/C18H19ClN4O2.C2H6/c19-14-7-5-13(6-8-14)11-22-16-4-2-1-3-15(16)21-17(22)12-23-18(24,25)9-10-20-23;1-2/h1-8,20,24-25H,9-12H2;1-2H3. The van der Waals surface area contributed by atoms with E-state index in [2.05, 4.69) is 15.0 Å². The molecular formula is C20H25ClN4O2. The molecule has 1 saturated heterocycles. The monoisotopic (exact) mass is 388 g/mol. The summed E-state index contributed by atoms with van der Waals surface area (Å²) in [6, 6.07) is 15.6. The van der Waals surface area contributed by atoms with Gasteiger partial charge in [-0.15, -0.1) is 0 Å². The zero-order valence-electron chi connectivity index (χ0n) is 15.6. The molecule has 2 aromatic carbocycles. The molecule has 0 bridgehead atoms. The fourth-order valence-electron chi connectivity index (χ4n) is 3.14. The number of imidazole rings is 1. The number of nitrogens with zero attached hydrogens (tertiary/aromatic N) is 3. The zero-order chi connectivity index (χ0) is 19.4. The Hall–Kier alpha value is -1.96. The summed E-state index contributed by atoms with van der Waals surface area (Å²) in [6.07, 6.45) is 0.254. The molecule has 7 heteroatoms. The molecule has 0 unspecified atom stereocenters. The predicted molar refractivity (Wildman–Crippen MR) is 107 cm³/mol. The van der Waals surface area contributed by atoms with Gasteiger partial charge in [-0.2, -0.15) is 5.01 Å². The van der Waals surface area contributed by atoms with Crippen molar-refractivity contribution in [1.82, 2.24) is 20.0 Å². The van der Waals surface area contributed by atoms with Gasteiger partial charge in [-0.1, -0.05) is 49.7 Å². The quantitative estimate of drug-likeness (QED) is 0.599. The Kier molecular flexibility index (Phi) is 6.14. The first-order chi connectivity index (χ1) is 13.0. The van der Waals surface area contributed by atoms with Gasteiger partial charge in [0.2, 0.25) is 5.91 Å². The van der Waals surface area contributed by atoms with Crippen molar-refractivity contribution in [2.75, 3.05) is 6.54 Å². The average Bonchev–Trinajstić information content (AvgIpc) is 3.19. The topological polar surface area (TPSA) is 73.6 Å². The summed E-state index contributed by atoms with van der Waals surface area (Å²) in [5.74, 6) is -1.10. The molecule has 0 aliphatic carbocycles. The van der Waals surface area contributed by atoms with Crippen LogP contribution in [0.3, 0.4) is 0 Å². The van der Waals surface area contributed by atoms with Gasteiger partial charge < -0.3 is 14.8 Å². The van der Waals surface area contributed by atoms with Crippen molar-refractivity contribution < 1.29 is 10.2 Å². The van der Waals surface area contributed by atoms with E-state index in [0.717, 1.165) is 22.4 Å². The number of hydrogen-bond acceptors (Lipinski definition) is 5. The van der Waals surface area contributed by atoms with Gasteiger partial charge in [0.15, 0.2) is 0 Å². The lowest BCUT2D eigenvalue weighted by atomic mass is 10.2. The van der Waals surface area contributed by atoms with Gasteiger partial charge in [-0.25, -0.2) is 4.98 Å². The van der Waals surface area contributed by atoms with E-state index in [1.165, 1.54) is 5.01 Å². The molecule has 0 saturated carbocycles. The number of nitrogens with one attached hydrogen (secondary N) is 1. The molecule has 0 amide bonds. The maximum absolute atomic E-state index is 10.1. The van der Waals surface area contributed by atoms with Crippen LogP contribution in [0.4, 0.5) is 0 Å². The van der Waals surface area contributed by atoms with E-state index in [0.29, 0.717) is 18.1 Å². The van der Waals surface area contributed by atoms with Crippen molar-refractivity contribution in [2.45, 2.75) is 39.3 Å². The van der Waals surface area contributed by atoms with Crippen LogP contribution < -0.4 is 5.43 Å². The number of aliphatic hydroxyl groups is 2. The summed E-state index contributed by atoms with van der Waals surface area (Å²) in [6.45, 7) is 5.43. The molecule has 3 N–H and O–H groups in total. The first-order valence-corrected chi connectivity index (χ1v) is 9.55. The number of aromatic nitrogens is 2. The second kappa shape index (κ2) is 8.37. The number of rotatable bonds is 4. The van der Waals surface area contributed by atoms with Gasteiger partial charge in [0, 0.05) is 24.5 Å². The molecule has 0 atom stereocenters. The first kappa shape index (κ1) is 19.8. The van der Waals surface area contributed by atoms with Crippen LogP contribution in [0.15, 0.2) is 48.5 Å². The van der Waals surface area contributed by atoms with E-state index >= 15 is 0 Å². The van der Waals surface area contributed by atoms with E-state index < -0.39 is 5.91 Å². The van der Waals surface area contributed by atoms with Crippen LogP contribution in [0, 0.1) is 0 Å². The van der Waals surface area contributed by atoms with Gasteiger partial charge >= 0.3 is 0 Å². The summed E-state index contributed by atoms with van der Waals surface area (Å²) < 4.78 is 2.09. The second-order valence-corrected chi connectivity index (χ2v) is 6.68. The third-order valence-electron chi connectivity index (χ3n) is 4.48. The molecule has 1 aromatic heterocycles. The molecule has 4 rings (SSSR count). The normalized spacial score (nSPS) is 16.3. The first-order valence-electron chi connectivity index (χ1n) is 9.17. The number of hydrazine groups is 1. The van der Waals surface area contributed by atoms with Gasteiger partial charge in [0.1, 0.15) is 5.82 Å². The van der Waals surface area contributed by atoms with Crippen LogP contribution in [-0.4, -0.2) is 37.2 Å². The molecule has 1 fully saturated rings. The van der Waals surface area contributed by atoms with Crippen LogP contribution in [0.1, 0.15) is 31.7 Å². The highest BCUT2D eigenvalue weighted by molar-refractivity contribution is 6.30. The number of fused-ring (bicyclic) bond motifs is 1. The lowest BCUT2D eigenvalue weighted by Crippen LogP contribution is -2.47. The Balaban J connectivity index is 0.00000102. The Bertz CT molecular complexity index is 893. The maximum atomic E-state index is 10.1. The Labute approximate surface area is 164 Å². The van der Waals surface area contributed by atoms with Crippen LogP contribution in [-0.2, 0) is 13.1 Å². The lowest BCUT2D eigenvalue weighted by Gasteiger charge is -2.27. The van der Waals surface area contributed by atoms with E-state index in [-0.39, 0.29) is 13.0 Å². The number of benzene rings is 2. The molecule has 0 radical (unpaired) electrons. The molecule has 144 valence electrons. The number of hydrogen-bond donors (Lipinski definition) is 3. The minimum Gasteiger partial charge on any atom is -0.352 e.